The molecule has 1 N–H and O–H groups in total. The summed E-state index contributed by atoms with van der Waals surface area (Å²) in [5.74, 6) is 0.631. The van der Waals surface area contributed by atoms with E-state index >= 15 is 0 Å². The van der Waals surface area contributed by atoms with Crippen molar-refractivity contribution in [1.29, 1.82) is 0 Å². The second-order valence-electron chi connectivity index (χ2n) is 4.84. The molecule has 0 aromatic carbocycles. The number of carbonyl (C=O) groups excluding carboxylic acids is 1. The van der Waals surface area contributed by atoms with Crippen LogP contribution in [0.4, 0.5) is 4.79 Å². The molecule has 0 spiro atoms. The maximum atomic E-state index is 11.7. The van der Waals surface area contributed by atoms with Gasteiger partial charge in [0.05, 0.1) is 12.7 Å². The van der Waals surface area contributed by atoms with Crippen molar-refractivity contribution in [2.24, 2.45) is 5.92 Å². The molecule has 4 heteroatoms. The normalized spacial score (nSPS) is 21.2. The lowest BCUT2D eigenvalue weighted by atomic mass is 10.0. The Bertz CT molecular complexity index is 219. The molecule has 4 nitrogen and oxygen atoms in total. The van der Waals surface area contributed by atoms with Gasteiger partial charge in [-0.2, -0.15) is 0 Å². The summed E-state index contributed by atoms with van der Waals surface area (Å²) in [6, 6.07) is 0.0545. The highest BCUT2D eigenvalue weighted by Crippen LogP contribution is 2.14. The largest absolute Gasteiger partial charge is 0.377 e. The number of carbonyl (C=O) groups is 1. The molecule has 1 heterocycles. The van der Waals surface area contributed by atoms with Gasteiger partial charge in [0.2, 0.25) is 0 Å². The van der Waals surface area contributed by atoms with Crippen LogP contribution in [-0.2, 0) is 4.74 Å². The maximum absolute atomic E-state index is 11.7. The summed E-state index contributed by atoms with van der Waals surface area (Å²) in [6.07, 6.45) is 2.59. The third kappa shape index (κ3) is 4.84. The van der Waals surface area contributed by atoms with E-state index < -0.39 is 0 Å². The number of urea groups is 1. The van der Waals surface area contributed by atoms with Gasteiger partial charge in [-0.1, -0.05) is 6.92 Å². The Morgan fingerprint density at radius 2 is 2.31 bits per heavy atom. The van der Waals surface area contributed by atoms with Crippen LogP contribution in [0.2, 0.25) is 0 Å². The first-order valence-electron chi connectivity index (χ1n) is 6.24. The van der Waals surface area contributed by atoms with Gasteiger partial charge in [-0.3, -0.25) is 0 Å². The van der Waals surface area contributed by atoms with E-state index in [4.69, 9.17) is 4.74 Å². The number of hydrogen-bond acceptors (Lipinski definition) is 2. The average Bonchev–Trinajstić information content (AvgIpc) is 2.24. The minimum absolute atomic E-state index is 0.0545. The van der Waals surface area contributed by atoms with Crippen molar-refractivity contribution < 1.29 is 9.53 Å². The Morgan fingerprint density at radius 1 is 1.56 bits per heavy atom. The molecular formula is C12H24N2O2. The first-order valence-corrected chi connectivity index (χ1v) is 6.24. The van der Waals surface area contributed by atoms with Gasteiger partial charge >= 0.3 is 6.03 Å². The predicted molar refractivity (Wildman–Crippen MR) is 64.5 cm³/mol. The van der Waals surface area contributed by atoms with Gasteiger partial charge in [0.25, 0.3) is 0 Å². The van der Waals surface area contributed by atoms with Crippen molar-refractivity contribution >= 4 is 6.03 Å². The molecule has 1 saturated heterocycles. The topological polar surface area (TPSA) is 41.6 Å². The summed E-state index contributed by atoms with van der Waals surface area (Å²) in [7, 11) is 0. The van der Waals surface area contributed by atoms with E-state index in [1.165, 1.54) is 6.42 Å². The van der Waals surface area contributed by atoms with Crippen LogP contribution in [-0.4, -0.2) is 43.3 Å². The number of hydrogen-bond donors (Lipinski definition) is 1. The molecule has 0 saturated carbocycles. The molecule has 1 aliphatic rings. The Morgan fingerprint density at radius 3 is 2.94 bits per heavy atom. The number of ether oxygens (including phenoxy) is 1. The van der Waals surface area contributed by atoms with Gasteiger partial charge in [-0.15, -0.1) is 0 Å². The highest BCUT2D eigenvalue weighted by atomic mass is 16.5. The zero-order chi connectivity index (χ0) is 12.0. The fraction of sp³-hybridized carbons (Fsp3) is 0.917. The maximum Gasteiger partial charge on any atom is 0.317 e. The molecule has 1 rings (SSSR count). The lowest BCUT2D eigenvalue weighted by Gasteiger charge is -2.30. The fourth-order valence-electron chi connectivity index (χ4n) is 1.94. The van der Waals surface area contributed by atoms with Crippen LogP contribution in [0.25, 0.3) is 0 Å². The molecular weight excluding hydrogens is 204 g/mol. The van der Waals surface area contributed by atoms with Gasteiger partial charge in [-0.25, -0.2) is 4.79 Å². The molecule has 0 aromatic rings. The molecule has 1 atom stereocenters. The summed E-state index contributed by atoms with van der Waals surface area (Å²) >= 11 is 0. The number of nitrogens with one attached hydrogen (secondary N) is 1. The van der Waals surface area contributed by atoms with Crippen molar-refractivity contribution in [2.45, 2.75) is 39.7 Å². The lowest BCUT2D eigenvalue weighted by Crippen LogP contribution is -2.45. The third-order valence-electron chi connectivity index (χ3n) is 2.77. The molecule has 1 aliphatic heterocycles. The molecule has 0 aliphatic carbocycles. The van der Waals surface area contributed by atoms with Crippen LogP contribution in [0.3, 0.4) is 0 Å². The second kappa shape index (κ2) is 6.74. The average molecular weight is 228 g/mol. The summed E-state index contributed by atoms with van der Waals surface area (Å²) in [4.78, 5) is 13.7. The highest BCUT2D eigenvalue weighted by molar-refractivity contribution is 5.74. The first-order chi connectivity index (χ1) is 7.59. The molecule has 94 valence electrons. The van der Waals surface area contributed by atoms with Gasteiger partial charge in [0.15, 0.2) is 0 Å². The Balaban J connectivity index is 2.14. The Kier molecular flexibility index (Phi) is 5.60. The van der Waals surface area contributed by atoms with E-state index in [9.17, 15) is 4.79 Å². The summed E-state index contributed by atoms with van der Waals surface area (Å²) in [5.41, 5.74) is 0. The van der Waals surface area contributed by atoms with Crippen LogP contribution in [0.1, 0.15) is 33.6 Å². The van der Waals surface area contributed by atoms with E-state index in [1.54, 1.807) is 0 Å². The smallest absolute Gasteiger partial charge is 0.317 e. The van der Waals surface area contributed by atoms with Crippen LogP contribution in [0, 0.1) is 5.92 Å². The molecule has 1 fully saturated rings. The summed E-state index contributed by atoms with van der Waals surface area (Å²) in [6.45, 7) is 9.15. The fourth-order valence-corrected chi connectivity index (χ4v) is 1.94. The quantitative estimate of drug-likeness (QED) is 0.746. The number of piperidine rings is 1. The second-order valence-corrected chi connectivity index (χ2v) is 4.84. The Labute approximate surface area is 98.3 Å². The van der Waals surface area contributed by atoms with Crippen LogP contribution < -0.4 is 5.32 Å². The van der Waals surface area contributed by atoms with E-state index in [2.05, 4.69) is 12.2 Å². The summed E-state index contributed by atoms with van der Waals surface area (Å²) in [5, 5.41) is 2.89. The van der Waals surface area contributed by atoms with Crippen molar-refractivity contribution in [3.8, 4) is 0 Å². The number of amides is 2. The monoisotopic (exact) mass is 228 g/mol. The molecule has 0 radical (unpaired) electrons. The van der Waals surface area contributed by atoms with E-state index in [-0.39, 0.29) is 12.1 Å². The van der Waals surface area contributed by atoms with Crippen molar-refractivity contribution in [3.05, 3.63) is 0 Å². The molecule has 0 bridgehead atoms. The predicted octanol–water partition coefficient (Wildman–Crippen LogP) is 1.85. The third-order valence-corrected chi connectivity index (χ3v) is 2.77. The zero-order valence-electron chi connectivity index (χ0n) is 10.7. The Hall–Kier alpha value is -0.770. The SMILES string of the molecule is CC1CCCN(C(=O)NCCOC(C)C)C1. The van der Waals surface area contributed by atoms with Gasteiger partial charge in [-0.05, 0) is 32.6 Å². The molecule has 16 heavy (non-hydrogen) atoms. The van der Waals surface area contributed by atoms with Gasteiger partial charge in [0.1, 0.15) is 0 Å². The number of rotatable bonds is 4. The van der Waals surface area contributed by atoms with E-state index in [0.29, 0.717) is 19.1 Å². The number of nitrogens with zero attached hydrogens (tertiary/aromatic N) is 1. The standard InChI is InChI=1S/C12H24N2O2/c1-10(2)16-8-6-13-12(15)14-7-4-5-11(3)9-14/h10-11H,4-9H2,1-3H3,(H,13,15). The zero-order valence-corrected chi connectivity index (χ0v) is 10.7. The lowest BCUT2D eigenvalue weighted by molar-refractivity contribution is 0.0801. The van der Waals surface area contributed by atoms with Crippen molar-refractivity contribution in [1.82, 2.24) is 10.2 Å². The van der Waals surface area contributed by atoms with Crippen LogP contribution in [0.15, 0.2) is 0 Å². The molecule has 1 unspecified atom stereocenters. The van der Waals surface area contributed by atoms with Gasteiger partial charge in [0, 0.05) is 19.6 Å². The minimum atomic E-state index is 0.0545. The van der Waals surface area contributed by atoms with Crippen LogP contribution in [0.5, 0.6) is 0 Å². The molecule has 2 amide bonds. The molecule has 0 aromatic heterocycles. The van der Waals surface area contributed by atoms with Crippen LogP contribution >= 0.6 is 0 Å². The van der Waals surface area contributed by atoms with Crippen molar-refractivity contribution in [3.63, 3.8) is 0 Å². The first kappa shape index (κ1) is 13.3. The van der Waals surface area contributed by atoms with E-state index in [1.807, 2.05) is 18.7 Å². The highest BCUT2D eigenvalue weighted by Gasteiger charge is 2.20. The van der Waals surface area contributed by atoms with E-state index in [0.717, 1.165) is 19.5 Å². The van der Waals surface area contributed by atoms with Crippen molar-refractivity contribution in [2.75, 3.05) is 26.2 Å². The summed E-state index contributed by atoms with van der Waals surface area (Å²) < 4.78 is 5.37. The number of likely N-dealkylation sites (tertiary alicyclic amines) is 1. The van der Waals surface area contributed by atoms with Gasteiger partial charge < -0.3 is 15.0 Å². The minimum Gasteiger partial charge on any atom is -0.377 e.